The summed E-state index contributed by atoms with van der Waals surface area (Å²) >= 11 is 0. The summed E-state index contributed by atoms with van der Waals surface area (Å²) in [6.45, 7) is 0. The van der Waals surface area contributed by atoms with E-state index in [9.17, 15) is 14.4 Å². The molecular weight excluding hydrogens is 588 g/mol. The molecule has 0 aliphatic heterocycles. The maximum absolute atomic E-state index is 13.2. The highest BCUT2D eigenvalue weighted by molar-refractivity contribution is 6.10. The summed E-state index contributed by atoms with van der Waals surface area (Å²) < 4.78 is 0. The third-order valence-corrected chi connectivity index (χ3v) is 10.1. The molecule has 2 aromatic carbocycles. The lowest BCUT2D eigenvalue weighted by atomic mass is 9.74. The van der Waals surface area contributed by atoms with Gasteiger partial charge in [-0.1, -0.05) is 140 Å². The van der Waals surface area contributed by atoms with Gasteiger partial charge in [0, 0.05) is 40.0 Å². The lowest BCUT2D eigenvalue weighted by Gasteiger charge is -2.30. The first-order valence-corrected chi connectivity index (χ1v) is 17.2. The van der Waals surface area contributed by atoms with Crippen LogP contribution in [0, 0.1) is 17.8 Å². The van der Waals surface area contributed by atoms with E-state index in [2.05, 4.69) is 66.8 Å². The number of carbonyl (C=O) groups is 3. The molecule has 3 atom stereocenters. The second kappa shape index (κ2) is 14.3. The van der Waals surface area contributed by atoms with E-state index in [4.69, 9.17) is 0 Å². The van der Waals surface area contributed by atoms with Gasteiger partial charge in [-0.3, -0.25) is 14.4 Å². The summed E-state index contributed by atoms with van der Waals surface area (Å²) in [6, 6.07) is 19.0. The Morgan fingerprint density at radius 3 is 2.02 bits per heavy atom. The molecule has 0 heterocycles. The summed E-state index contributed by atoms with van der Waals surface area (Å²) in [5.74, 6) is 0.644. The minimum Gasteiger partial charge on any atom is -0.294 e. The average Bonchev–Trinajstić information content (AvgIpc) is 3.18. The molecule has 5 aliphatic carbocycles. The van der Waals surface area contributed by atoms with Gasteiger partial charge in [0.2, 0.25) is 0 Å². The fourth-order valence-corrected chi connectivity index (χ4v) is 7.31. The number of ketones is 3. The molecule has 0 saturated heterocycles. The molecule has 3 unspecified atom stereocenters. The molecule has 0 spiro atoms. The van der Waals surface area contributed by atoms with Crippen LogP contribution in [-0.4, -0.2) is 17.3 Å². The molecule has 0 saturated carbocycles. The smallest absolute Gasteiger partial charge is 0.192 e. The van der Waals surface area contributed by atoms with E-state index in [-0.39, 0.29) is 35.1 Å². The Labute approximate surface area is 283 Å². The molecule has 0 aromatic heterocycles. The monoisotopic (exact) mass is 628 g/mol. The van der Waals surface area contributed by atoms with Crippen molar-refractivity contribution in [1.29, 1.82) is 0 Å². The van der Waals surface area contributed by atoms with Crippen LogP contribution in [0.5, 0.6) is 0 Å². The Kier molecular flexibility index (Phi) is 9.38. The van der Waals surface area contributed by atoms with E-state index in [0.717, 1.165) is 67.2 Å². The predicted molar refractivity (Wildman–Crippen MR) is 193 cm³/mol. The molecular formula is C45H40O3. The van der Waals surface area contributed by atoms with Gasteiger partial charge in [-0.2, -0.15) is 0 Å². The summed E-state index contributed by atoms with van der Waals surface area (Å²) in [5.41, 5.74) is 9.03. The largest absolute Gasteiger partial charge is 0.294 e. The van der Waals surface area contributed by atoms with Crippen molar-refractivity contribution in [2.24, 2.45) is 17.8 Å². The average molecular weight is 629 g/mol. The van der Waals surface area contributed by atoms with Crippen LogP contribution in [0.4, 0.5) is 0 Å². The molecule has 0 fully saturated rings. The van der Waals surface area contributed by atoms with Gasteiger partial charge in [0.25, 0.3) is 0 Å². The van der Waals surface area contributed by atoms with Gasteiger partial charge in [0.1, 0.15) is 0 Å². The van der Waals surface area contributed by atoms with Gasteiger partial charge >= 0.3 is 0 Å². The van der Waals surface area contributed by atoms with Crippen molar-refractivity contribution in [2.45, 2.75) is 44.9 Å². The third kappa shape index (κ3) is 6.92. The summed E-state index contributed by atoms with van der Waals surface area (Å²) in [4.78, 5) is 39.5. The molecule has 7 rings (SSSR count). The highest BCUT2D eigenvalue weighted by Crippen LogP contribution is 2.41. The van der Waals surface area contributed by atoms with E-state index in [1.54, 1.807) is 0 Å². The molecule has 0 bridgehead atoms. The van der Waals surface area contributed by atoms with Gasteiger partial charge < -0.3 is 0 Å². The van der Waals surface area contributed by atoms with Crippen LogP contribution in [0.15, 0.2) is 179 Å². The standard InChI is InChI=1S/C45H40O3/c46-43(34-10-4-1-5-11-34)37-22-16-31(17-23-37)40-28-41(32-18-24-38(25-19-32)44(47)35-12-6-2-7-13-35)30-42(29-40)33-20-26-39(27-21-33)45(48)36-14-8-3-9-15-36/h1-8,10-13,15-16,18,20-24,26,28-29,31,39,42H,9,14,17,19,25,27,30H2. The highest BCUT2D eigenvalue weighted by atomic mass is 16.1. The van der Waals surface area contributed by atoms with Crippen molar-refractivity contribution in [3.8, 4) is 0 Å². The van der Waals surface area contributed by atoms with Crippen LogP contribution in [0.25, 0.3) is 0 Å². The number of allylic oxidation sites excluding steroid dienone is 20. The molecule has 0 amide bonds. The number of carbonyl (C=O) groups excluding carboxylic acids is 3. The van der Waals surface area contributed by atoms with Crippen LogP contribution in [0.3, 0.4) is 0 Å². The van der Waals surface area contributed by atoms with Gasteiger partial charge in [0.15, 0.2) is 17.3 Å². The second-order valence-corrected chi connectivity index (χ2v) is 13.2. The van der Waals surface area contributed by atoms with Crippen molar-refractivity contribution in [3.05, 3.63) is 190 Å². The lowest BCUT2D eigenvalue weighted by Crippen LogP contribution is -2.19. The fourth-order valence-electron chi connectivity index (χ4n) is 7.31. The van der Waals surface area contributed by atoms with Crippen molar-refractivity contribution in [1.82, 2.24) is 0 Å². The van der Waals surface area contributed by atoms with Crippen molar-refractivity contribution >= 4 is 17.3 Å². The van der Waals surface area contributed by atoms with Crippen LogP contribution in [0.2, 0.25) is 0 Å². The first kappa shape index (κ1) is 31.4. The number of hydrogen-bond donors (Lipinski definition) is 0. The Morgan fingerprint density at radius 2 is 1.40 bits per heavy atom. The number of benzene rings is 2. The molecule has 3 heteroatoms. The van der Waals surface area contributed by atoms with E-state index in [1.807, 2.05) is 72.8 Å². The SMILES string of the molecule is O=C(C1=CCC(C2=CC(C3=CCC(C(=O)C4=CCC=CC4)C=C3)CC(C3=CC=C(C(=O)c4ccccc4)CC3)=C2)C=C1)c1ccccc1. The fraction of sp³-hybridized carbons (Fsp3) is 0.222. The van der Waals surface area contributed by atoms with Crippen molar-refractivity contribution in [3.63, 3.8) is 0 Å². The number of Topliss-reactive ketones (excluding diaryl/α,β-unsaturated/α-hetero) is 3. The van der Waals surface area contributed by atoms with Crippen LogP contribution < -0.4 is 0 Å². The quantitative estimate of drug-likeness (QED) is 0.205. The van der Waals surface area contributed by atoms with E-state index in [0.29, 0.717) is 5.56 Å². The minimum atomic E-state index is -0.104. The number of rotatable bonds is 9. The highest BCUT2D eigenvalue weighted by Gasteiger charge is 2.28. The normalized spacial score (nSPS) is 23.5. The zero-order valence-electron chi connectivity index (χ0n) is 27.2. The molecule has 3 nitrogen and oxygen atoms in total. The summed E-state index contributed by atoms with van der Waals surface area (Å²) in [6.07, 6.45) is 33.4. The molecule has 238 valence electrons. The molecule has 0 N–H and O–H groups in total. The van der Waals surface area contributed by atoms with Crippen LogP contribution in [0.1, 0.15) is 65.7 Å². The van der Waals surface area contributed by atoms with Crippen molar-refractivity contribution in [2.75, 3.05) is 0 Å². The summed E-state index contributed by atoms with van der Waals surface area (Å²) in [5, 5.41) is 0. The Bertz CT molecular complexity index is 1930. The van der Waals surface area contributed by atoms with Crippen molar-refractivity contribution < 1.29 is 14.4 Å². The maximum Gasteiger partial charge on any atom is 0.192 e. The number of hydrogen-bond acceptors (Lipinski definition) is 3. The van der Waals surface area contributed by atoms with Gasteiger partial charge in [-0.25, -0.2) is 0 Å². The van der Waals surface area contributed by atoms with E-state index < -0.39 is 0 Å². The Balaban J connectivity index is 1.13. The Morgan fingerprint density at radius 1 is 0.625 bits per heavy atom. The second-order valence-electron chi connectivity index (χ2n) is 13.2. The zero-order valence-corrected chi connectivity index (χ0v) is 27.2. The molecule has 48 heavy (non-hydrogen) atoms. The van der Waals surface area contributed by atoms with E-state index in [1.165, 1.54) is 22.3 Å². The zero-order chi connectivity index (χ0) is 32.9. The van der Waals surface area contributed by atoms with Crippen LogP contribution in [-0.2, 0) is 4.79 Å². The summed E-state index contributed by atoms with van der Waals surface area (Å²) in [7, 11) is 0. The topological polar surface area (TPSA) is 51.2 Å². The van der Waals surface area contributed by atoms with Crippen LogP contribution >= 0.6 is 0 Å². The lowest BCUT2D eigenvalue weighted by molar-refractivity contribution is -0.118. The Hall–Kier alpha value is -5.15. The third-order valence-electron chi connectivity index (χ3n) is 10.1. The first-order valence-electron chi connectivity index (χ1n) is 17.2. The molecule has 5 aliphatic rings. The van der Waals surface area contributed by atoms with Gasteiger partial charge in [-0.05, 0) is 72.8 Å². The maximum atomic E-state index is 13.2. The first-order chi connectivity index (χ1) is 23.5. The molecule has 0 radical (unpaired) electrons. The van der Waals surface area contributed by atoms with Gasteiger partial charge in [0.05, 0.1) is 0 Å². The predicted octanol–water partition coefficient (Wildman–Crippen LogP) is 10.1. The minimum absolute atomic E-state index is 0.0543. The van der Waals surface area contributed by atoms with Gasteiger partial charge in [-0.15, -0.1) is 0 Å². The van der Waals surface area contributed by atoms with E-state index >= 15 is 0 Å². The molecule has 2 aromatic rings.